The average molecular weight is 283 g/mol. The van der Waals surface area contributed by atoms with E-state index < -0.39 is 0 Å². The van der Waals surface area contributed by atoms with Crippen LogP contribution in [0.15, 0.2) is 36.9 Å². The summed E-state index contributed by atoms with van der Waals surface area (Å²) in [6, 6.07) is 3.72. The molecule has 6 nitrogen and oxygen atoms in total. The van der Waals surface area contributed by atoms with Crippen LogP contribution in [0.3, 0.4) is 0 Å². The van der Waals surface area contributed by atoms with Crippen LogP contribution in [0.1, 0.15) is 24.2 Å². The van der Waals surface area contributed by atoms with Crippen molar-refractivity contribution in [1.82, 2.24) is 19.5 Å². The molecule has 0 aromatic carbocycles. The van der Waals surface area contributed by atoms with E-state index >= 15 is 0 Å². The molecule has 6 heteroatoms. The van der Waals surface area contributed by atoms with Crippen LogP contribution in [0.2, 0.25) is 0 Å². The van der Waals surface area contributed by atoms with E-state index in [1.165, 1.54) is 0 Å². The Kier molecular flexibility index (Phi) is 3.43. The number of fused-ring (bicyclic) bond motifs is 1. The Morgan fingerprint density at radius 2 is 2.24 bits per heavy atom. The van der Waals surface area contributed by atoms with E-state index in [2.05, 4.69) is 34.1 Å². The van der Waals surface area contributed by atoms with Crippen molar-refractivity contribution in [3.05, 3.63) is 42.5 Å². The number of anilines is 1. The third-order valence-electron chi connectivity index (χ3n) is 3.18. The van der Waals surface area contributed by atoms with Gasteiger partial charge in [-0.2, -0.15) is 0 Å². The minimum atomic E-state index is -0.212. The minimum absolute atomic E-state index is 0.212. The van der Waals surface area contributed by atoms with Gasteiger partial charge in [-0.1, -0.05) is 13.8 Å². The second-order valence-corrected chi connectivity index (χ2v) is 5.35. The second kappa shape index (κ2) is 5.40. The number of carbonyl (C=O) groups excluding carboxylic acids is 1. The molecule has 0 aliphatic rings. The van der Waals surface area contributed by atoms with Crippen molar-refractivity contribution in [3.8, 4) is 0 Å². The Balaban J connectivity index is 1.85. The molecule has 0 unspecified atom stereocenters. The Morgan fingerprint density at radius 1 is 1.38 bits per heavy atom. The lowest BCUT2D eigenvalue weighted by Crippen LogP contribution is -2.17. The van der Waals surface area contributed by atoms with Crippen molar-refractivity contribution in [2.45, 2.75) is 20.4 Å². The number of hydrogen-bond donors (Lipinski definition) is 2. The summed E-state index contributed by atoms with van der Waals surface area (Å²) in [5, 5.41) is 2.84. The van der Waals surface area contributed by atoms with Gasteiger partial charge in [0.1, 0.15) is 5.52 Å². The zero-order chi connectivity index (χ0) is 14.8. The number of pyridine rings is 1. The molecule has 0 radical (unpaired) electrons. The summed E-state index contributed by atoms with van der Waals surface area (Å²) in [5.74, 6) is 0.819. The maximum absolute atomic E-state index is 12.4. The lowest BCUT2D eigenvalue weighted by Gasteiger charge is -2.10. The fraction of sp³-hybridized carbons (Fsp3) is 0.267. The maximum atomic E-state index is 12.4. The maximum Gasteiger partial charge on any atom is 0.261 e. The van der Waals surface area contributed by atoms with E-state index in [0.717, 1.165) is 12.1 Å². The van der Waals surface area contributed by atoms with Gasteiger partial charge >= 0.3 is 0 Å². The molecule has 3 aromatic heterocycles. The van der Waals surface area contributed by atoms with Gasteiger partial charge in [-0.05, 0) is 18.1 Å². The van der Waals surface area contributed by atoms with Crippen molar-refractivity contribution >= 4 is 22.9 Å². The van der Waals surface area contributed by atoms with Crippen molar-refractivity contribution in [3.63, 3.8) is 0 Å². The van der Waals surface area contributed by atoms with Gasteiger partial charge in [0.2, 0.25) is 5.95 Å². The van der Waals surface area contributed by atoms with Crippen molar-refractivity contribution in [2.75, 3.05) is 5.32 Å². The molecule has 108 valence electrons. The van der Waals surface area contributed by atoms with Crippen LogP contribution in [0.5, 0.6) is 0 Å². The van der Waals surface area contributed by atoms with Crippen LogP contribution in [-0.2, 0) is 6.54 Å². The first-order valence-electron chi connectivity index (χ1n) is 6.89. The minimum Gasteiger partial charge on any atom is -0.359 e. The summed E-state index contributed by atoms with van der Waals surface area (Å²) in [5.41, 5.74) is 2.02. The smallest absolute Gasteiger partial charge is 0.261 e. The Hall–Kier alpha value is -2.63. The Morgan fingerprint density at radius 3 is 3.05 bits per heavy atom. The second-order valence-electron chi connectivity index (χ2n) is 5.35. The van der Waals surface area contributed by atoms with E-state index in [0.29, 0.717) is 22.9 Å². The van der Waals surface area contributed by atoms with Crippen LogP contribution < -0.4 is 5.32 Å². The number of aromatic amines is 1. The highest BCUT2D eigenvalue weighted by atomic mass is 16.1. The highest BCUT2D eigenvalue weighted by Gasteiger charge is 2.15. The SMILES string of the molecule is CC(C)Cn1ccnc1NC(=O)c1c[nH]c2cccnc12. The van der Waals surface area contributed by atoms with Crippen molar-refractivity contribution in [2.24, 2.45) is 5.92 Å². The van der Waals surface area contributed by atoms with Crippen molar-refractivity contribution < 1.29 is 4.79 Å². The van der Waals surface area contributed by atoms with E-state index in [9.17, 15) is 4.79 Å². The normalized spacial score (nSPS) is 11.2. The fourth-order valence-corrected chi connectivity index (χ4v) is 2.27. The van der Waals surface area contributed by atoms with Gasteiger partial charge in [-0.3, -0.25) is 15.1 Å². The zero-order valence-corrected chi connectivity index (χ0v) is 12.0. The molecule has 0 spiro atoms. The molecule has 3 heterocycles. The number of imidazole rings is 1. The average Bonchev–Trinajstić information content (AvgIpc) is 3.05. The predicted molar refractivity (Wildman–Crippen MR) is 81.1 cm³/mol. The molecule has 0 atom stereocenters. The number of hydrogen-bond acceptors (Lipinski definition) is 3. The van der Waals surface area contributed by atoms with E-state index in [1.54, 1.807) is 18.6 Å². The van der Waals surface area contributed by atoms with Gasteiger partial charge in [0.25, 0.3) is 5.91 Å². The van der Waals surface area contributed by atoms with Gasteiger partial charge in [0.05, 0.1) is 11.1 Å². The van der Waals surface area contributed by atoms with E-state index in [4.69, 9.17) is 0 Å². The molecular formula is C15H17N5O. The zero-order valence-electron chi connectivity index (χ0n) is 12.0. The summed E-state index contributed by atoms with van der Waals surface area (Å²) < 4.78 is 1.94. The molecule has 3 aromatic rings. The molecule has 0 saturated heterocycles. The quantitative estimate of drug-likeness (QED) is 0.773. The summed E-state index contributed by atoms with van der Waals surface area (Å²) in [7, 11) is 0. The first-order chi connectivity index (χ1) is 10.1. The monoisotopic (exact) mass is 283 g/mol. The van der Waals surface area contributed by atoms with Gasteiger partial charge in [0, 0.05) is 31.3 Å². The third kappa shape index (κ3) is 2.65. The summed E-state index contributed by atoms with van der Waals surface area (Å²) in [4.78, 5) is 23.9. The molecule has 0 fully saturated rings. The van der Waals surface area contributed by atoms with E-state index in [-0.39, 0.29) is 5.91 Å². The standard InChI is InChI=1S/C15H17N5O/c1-10(2)9-20-7-6-17-15(20)19-14(21)11-8-18-12-4-3-5-16-13(11)12/h3-8,10,18H,9H2,1-2H3,(H,17,19,21). The van der Waals surface area contributed by atoms with E-state index in [1.807, 2.05) is 22.9 Å². The number of nitrogens with zero attached hydrogens (tertiary/aromatic N) is 3. The molecule has 0 bridgehead atoms. The van der Waals surface area contributed by atoms with Crippen LogP contribution in [0, 0.1) is 5.92 Å². The van der Waals surface area contributed by atoms with Gasteiger partial charge < -0.3 is 9.55 Å². The predicted octanol–water partition coefficient (Wildman–Crippen LogP) is 2.67. The number of amides is 1. The Bertz CT molecular complexity index is 771. The highest BCUT2D eigenvalue weighted by Crippen LogP contribution is 2.17. The topological polar surface area (TPSA) is 75.6 Å². The number of carbonyl (C=O) groups is 1. The Labute approximate surface area is 122 Å². The number of rotatable bonds is 4. The number of nitrogens with one attached hydrogen (secondary N) is 2. The van der Waals surface area contributed by atoms with Gasteiger partial charge in [0.15, 0.2) is 0 Å². The molecule has 2 N–H and O–H groups in total. The first kappa shape index (κ1) is 13.4. The highest BCUT2D eigenvalue weighted by molar-refractivity contribution is 6.11. The van der Waals surface area contributed by atoms with Crippen LogP contribution in [-0.4, -0.2) is 25.4 Å². The third-order valence-corrected chi connectivity index (χ3v) is 3.18. The first-order valence-corrected chi connectivity index (χ1v) is 6.89. The number of H-pyrrole nitrogens is 1. The molecule has 0 aliphatic heterocycles. The molecule has 1 amide bonds. The largest absolute Gasteiger partial charge is 0.359 e. The lowest BCUT2D eigenvalue weighted by atomic mass is 10.2. The van der Waals surface area contributed by atoms with Crippen LogP contribution >= 0.6 is 0 Å². The van der Waals surface area contributed by atoms with Gasteiger partial charge in [-0.15, -0.1) is 0 Å². The summed E-state index contributed by atoms with van der Waals surface area (Å²) in [6.07, 6.45) is 6.89. The number of aromatic nitrogens is 4. The molecule has 3 rings (SSSR count). The molecular weight excluding hydrogens is 266 g/mol. The molecule has 21 heavy (non-hydrogen) atoms. The van der Waals surface area contributed by atoms with Crippen LogP contribution in [0.25, 0.3) is 11.0 Å². The summed E-state index contributed by atoms with van der Waals surface area (Å²) in [6.45, 7) is 5.05. The fourth-order valence-electron chi connectivity index (χ4n) is 2.27. The van der Waals surface area contributed by atoms with Crippen molar-refractivity contribution in [1.29, 1.82) is 0 Å². The van der Waals surface area contributed by atoms with Gasteiger partial charge in [-0.25, -0.2) is 4.98 Å². The lowest BCUT2D eigenvalue weighted by molar-refractivity contribution is 0.102. The summed E-state index contributed by atoms with van der Waals surface area (Å²) >= 11 is 0. The molecule has 0 saturated carbocycles. The van der Waals surface area contributed by atoms with Crippen LogP contribution in [0.4, 0.5) is 5.95 Å². The molecule has 0 aliphatic carbocycles.